The van der Waals surface area contributed by atoms with Crippen molar-refractivity contribution in [3.8, 4) is 22.7 Å². The van der Waals surface area contributed by atoms with E-state index in [1.54, 1.807) is 18.4 Å². The molecule has 0 saturated heterocycles. The molecule has 6 nitrogen and oxygen atoms in total. The lowest BCUT2D eigenvalue weighted by Crippen LogP contribution is -2.11. The van der Waals surface area contributed by atoms with Gasteiger partial charge in [0.25, 0.3) is 5.56 Å². The van der Waals surface area contributed by atoms with Crippen LogP contribution in [0, 0.1) is 0 Å². The predicted molar refractivity (Wildman–Crippen MR) is 141 cm³/mol. The van der Waals surface area contributed by atoms with Crippen LogP contribution in [0.1, 0.15) is 34.7 Å². The lowest BCUT2D eigenvalue weighted by Gasteiger charge is -2.09. The summed E-state index contributed by atoms with van der Waals surface area (Å²) in [5, 5.41) is 5.64. The quantitative estimate of drug-likeness (QED) is 0.340. The summed E-state index contributed by atoms with van der Waals surface area (Å²) in [5.41, 5.74) is 4.85. The SMILES string of the molecule is COc1ccc(-c2nn(-c3ccccc3)cc2C=Cc2nc3sc4c(c3c(=O)[nH]2)CCCC4)cc1. The van der Waals surface area contributed by atoms with Gasteiger partial charge in [0.15, 0.2) is 0 Å². The van der Waals surface area contributed by atoms with Crippen LogP contribution in [0.15, 0.2) is 65.6 Å². The van der Waals surface area contributed by atoms with Crippen LogP contribution in [0.4, 0.5) is 0 Å². The first-order valence-electron chi connectivity index (χ1n) is 11.7. The third-order valence-electron chi connectivity index (χ3n) is 6.39. The number of para-hydroxylation sites is 1. The Balaban J connectivity index is 1.41. The second-order valence-corrected chi connectivity index (χ2v) is 9.70. The summed E-state index contributed by atoms with van der Waals surface area (Å²) in [5.74, 6) is 1.34. The van der Waals surface area contributed by atoms with E-state index < -0.39 is 0 Å². The molecule has 3 heterocycles. The van der Waals surface area contributed by atoms with Gasteiger partial charge in [-0.25, -0.2) is 9.67 Å². The predicted octanol–water partition coefficient (Wildman–Crippen LogP) is 5.90. The average Bonchev–Trinajstić information content (AvgIpc) is 3.50. The minimum atomic E-state index is -0.0515. The van der Waals surface area contributed by atoms with Crippen LogP contribution in [-0.2, 0) is 12.8 Å². The van der Waals surface area contributed by atoms with Gasteiger partial charge in [-0.3, -0.25) is 4.79 Å². The molecule has 6 rings (SSSR count). The zero-order chi connectivity index (χ0) is 23.8. The minimum absolute atomic E-state index is 0.0515. The molecule has 0 bridgehead atoms. The largest absolute Gasteiger partial charge is 0.497 e. The van der Waals surface area contributed by atoms with Crippen LogP contribution >= 0.6 is 11.3 Å². The molecule has 0 spiro atoms. The molecule has 0 amide bonds. The van der Waals surface area contributed by atoms with E-state index in [1.807, 2.05) is 77.6 Å². The molecule has 1 N–H and O–H groups in total. The Kier molecular flexibility index (Phi) is 5.54. The number of fused-ring (bicyclic) bond motifs is 3. The lowest BCUT2D eigenvalue weighted by atomic mass is 9.97. The molecule has 174 valence electrons. The number of aryl methyl sites for hydroxylation is 2. The van der Waals surface area contributed by atoms with Gasteiger partial charge in [0.1, 0.15) is 16.4 Å². The van der Waals surface area contributed by atoms with Crippen molar-refractivity contribution in [1.29, 1.82) is 0 Å². The van der Waals surface area contributed by atoms with E-state index in [0.717, 1.165) is 57.7 Å². The molecule has 0 fully saturated rings. The maximum absolute atomic E-state index is 12.9. The van der Waals surface area contributed by atoms with Gasteiger partial charge in [0.2, 0.25) is 0 Å². The number of rotatable bonds is 5. The summed E-state index contributed by atoms with van der Waals surface area (Å²) in [7, 11) is 1.65. The van der Waals surface area contributed by atoms with Crippen molar-refractivity contribution >= 4 is 33.7 Å². The number of thiophene rings is 1. The highest BCUT2D eigenvalue weighted by molar-refractivity contribution is 7.18. The molecule has 5 aromatic rings. The summed E-state index contributed by atoms with van der Waals surface area (Å²) in [6.07, 6.45) is 10.2. The number of hydrogen-bond donors (Lipinski definition) is 1. The van der Waals surface area contributed by atoms with Gasteiger partial charge >= 0.3 is 0 Å². The number of hydrogen-bond acceptors (Lipinski definition) is 5. The van der Waals surface area contributed by atoms with Crippen LogP contribution in [0.25, 0.3) is 39.3 Å². The van der Waals surface area contributed by atoms with Gasteiger partial charge in [-0.05, 0) is 79.8 Å². The first kappa shape index (κ1) is 21.6. The summed E-state index contributed by atoms with van der Waals surface area (Å²) in [6, 6.07) is 17.8. The first-order chi connectivity index (χ1) is 17.2. The Morgan fingerprint density at radius 1 is 1.03 bits per heavy atom. The zero-order valence-corrected chi connectivity index (χ0v) is 20.1. The third-order valence-corrected chi connectivity index (χ3v) is 7.58. The third kappa shape index (κ3) is 4.08. The number of aromatic nitrogens is 4. The monoisotopic (exact) mass is 480 g/mol. The normalized spacial score (nSPS) is 13.4. The highest BCUT2D eigenvalue weighted by atomic mass is 32.1. The second-order valence-electron chi connectivity index (χ2n) is 8.62. The number of H-pyrrole nitrogens is 1. The van der Waals surface area contributed by atoms with Gasteiger partial charge < -0.3 is 9.72 Å². The molecule has 0 unspecified atom stereocenters. The number of methoxy groups -OCH3 is 1. The van der Waals surface area contributed by atoms with Gasteiger partial charge in [-0.1, -0.05) is 18.2 Å². The highest BCUT2D eigenvalue weighted by Gasteiger charge is 2.19. The van der Waals surface area contributed by atoms with Crippen LogP contribution in [-0.4, -0.2) is 26.9 Å². The van der Waals surface area contributed by atoms with Crippen molar-refractivity contribution < 1.29 is 4.74 Å². The van der Waals surface area contributed by atoms with Crippen molar-refractivity contribution in [2.75, 3.05) is 7.11 Å². The molecule has 0 atom stereocenters. The molecule has 0 saturated carbocycles. The van der Waals surface area contributed by atoms with E-state index in [4.69, 9.17) is 14.8 Å². The number of benzene rings is 2. The molecule has 1 aliphatic rings. The molecular formula is C28H24N4O2S. The molecule has 1 aliphatic carbocycles. The van der Waals surface area contributed by atoms with Gasteiger partial charge in [0, 0.05) is 22.2 Å². The van der Waals surface area contributed by atoms with Gasteiger partial charge in [0.05, 0.1) is 23.9 Å². The van der Waals surface area contributed by atoms with E-state index in [1.165, 1.54) is 16.9 Å². The Morgan fingerprint density at radius 3 is 2.63 bits per heavy atom. The van der Waals surface area contributed by atoms with E-state index in [0.29, 0.717) is 5.82 Å². The highest BCUT2D eigenvalue weighted by Crippen LogP contribution is 2.33. The fourth-order valence-electron chi connectivity index (χ4n) is 4.62. The molecule has 35 heavy (non-hydrogen) atoms. The number of aromatic amines is 1. The Bertz CT molecular complexity index is 1590. The summed E-state index contributed by atoms with van der Waals surface area (Å²) in [4.78, 5) is 22.8. The van der Waals surface area contributed by atoms with Gasteiger partial charge in [-0.15, -0.1) is 11.3 Å². The second kappa shape index (κ2) is 9.00. The Hall–Kier alpha value is -3.97. The van der Waals surface area contributed by atoms with Crippen molar-refractivity contribution in [2.24, 2.45) is 0 Å². The Morgan fingerprint density at radius 2 is 1.83 bits per heavy atom. The topological polar surface area (TPSA) is 72.8 Å². The number of nitrogens with zero attached hydrogens (tertiary/aromatic N) is 3. The van der Waals surface area contributed by atoms with Crippen LogP contribution in [0.3, 0.4) is 0 Å². The summed E-state index contributed by atoms with van der Waals surface area (Å²) >= 11 is 1.66. The standard InChI is InChI=1S/C28H24N4O2S/c1-34-21-14-11-18(12-15-21)26-19(17-32(31-26)20-7-3-2-4-8-20)13-16-24-29-27(33)25-22-9-5-6-10-23(22)35-28(25)30-24/h2-4,7-8,11-17H,5-6,9-10H2,1H3,(H,29,30,33). The average molecular weight is 481 g/mol. The van der Waals surface area contributed by atoms with Crippen molar-refractivity contribution in [2.45, 2.75) is 25.7 Å². The van der Waals surface area contributed by atoms with Crippen LogP contribution in [0.2, 0.25) is 0 Å². The molecular weight excluding hydrogens is 456 g/mol. The Labute approximate surface area is 206 Å². The number of ether oxygens (including phenoxy) is 1. The lowest BCUT2D eigenvalue weighted by molar-refractivity contribution is 0.415. The number of nitrogens with one attached hydrogen (secondary N) is 1. The molecule has 2 aromatic carbocycles. The van der Waals surface area contributed by atoms with E-state index in [-0.39, 0.29) is 5.56 Å². The van der Waals surface area contributed by atoms with Crippen molar-refractivity contribution in [3.63, 3.8) is 0 Å². The van der Waals surface area contributed by atoms with E-state index in [2.05, 4.69) is 4.98 Å². The molecule has 0 radical (unpaired) electrons. The van der Waals surface area contributed by atoms with Gasteiger partial charge in [-0.2, -0.15) is 5.10 Å². The smallest absolute Gasteiger partial charge is 0.260 e. The molecule has 3 aromatic heterocycles. The zero-order valence-electron chi connectivity index (χ0n) is 19.3. The van der Waals surface area contributed by atoms with Crippen molar-refractivity contribution in [3.05, 3.63) is 93.0 Å². The summed E-state index contributed by atoms with van der Waals surface area (Å²) < 4.78 is 7.18. The fraction of sp³-hybridized carbons (Fsp3) is 0.179. The van der Waals surface area contributed by atoms with Crippen LogP contribution in [0.5, 0.6) is 5.75 Å². The van der Waals surface area contributed by atoms with Crippen LogP contribution < -0.4 is 10.3 Å². The maximum atomic E-state index is 12.9. The van der Waals surface area contributed by atoms with E-state index >= 15 is 0 Å². The maximum Gasteiger partial charge on any atom is 0.260 e. The fourth-order valence-corrected chi connectivity index (χ4v) is 5.89. The van der Waals surface area contributed by atoms with E-state index in [9.17, 15) is 4.79 Å². The molecule has 7 heteroatoms. The summed E-state index contributed by atoms with van der Waals surface area (Å²) in [6.45, 7) is 0. The van der Waals surface area contributed by atoms with Crippen molar-refractivity contribution in [1.82, 2.24) is 19.7 Å². The molecule has 0 aliphatic heterocycles. The minimum Gasteiger partial charge on any atom is -0.497 e. The first-order valence-corrected chi connectivity index (χ1v) is 12.5.